The first-order valence-electron chi connectivity index (χ1n) is 42.9. The van der Waals surface area contributed by atoms with Gasteiger partial charge in [0.15, 0.2) is 0 Å². The van der Waals surface area contributed by atoms with Crippen LogP contribution in [0.1, 0.15) is 127 Å². The number of nitrogens with zero attached hydrogens (tertiary/aromatic N) is 5. The summed E-state index contributed by atoms with van der Waals surface area (Å²) in [6.07, 6.45) is 2.14. The molecule has 0 bridgehead atoms. The largest absolute Gasteiger partial charge is 0.508 e. The number of thioether (sulfide) groups is 1. The third-order valence-corrected chi connectivity index (χ3v) is 24.3. The lowest BCUT2D eigenvalue weighted by atomic mass is 10.00. The number of phenolic OH excluding ortho intramolecular Hbond substituents is 1. The van der Waals surface area contributed by atoms with E-state index in [1.807, 2.05) is 13.8 Å². The zero-order valence-electron chi connectivity index (χ0n) is 71.9. The molecule has 4 aliphatic heterocycles. The minimum atomic E-state index is -1.94. The number of primary amides is 1. The summed E-state index contributed by atoms with van der Waals surface area (Å²) in [4.78, 5) is 271. The van der Waals surface area contributed by atoms with E-state index < -0.39 is 235 Å². The van der Waals surface area contributed by atoms with Crippen molar-refractivity contribution in [2.24, 2.45) is 22.9 Å². The number of phenols is 1. The van der Waals surface area contributed by atoms with Gasteiger partial charge in [0, 0.05) is 106 Å². The molecule has 0 radical (unpaired) electrons. The lowest BCUT2D eigenvalue weighted by Gasteiger charge is -2.36. The number of H-pyrrole nitrogens is 2. The highest BCUT2D eigenvalue weighted by Gasteiger charge is 2.47. The number of aliphatic carboxylic acids is 2. The minimum absolute atomic E-state index is 0.00190. The summed E-state index contributed by atoms with van der Waals surface area (Å²) in [6.45, 7) is 0.983. The second-order valence-electron chi connectivity index (χ2n) is 32.3. The molecule has 694 valence electrons. The van der Waals surface area contributed by atoms with Gasteiger partial charge in [-0.3, -0.25) is 86.3 Å². The Morgan fingerprint density at radius 1 is 0.461 bits per heavy atom. The lowest BCUT2D eigenvalue weighted by molar-refractivity contribution is -0.149. The number of carbonyl (C=O) groups is 18. The number of hydrogen-bond acceptors (Lipinski definition) is 23. The third-order valence-electron chi connectivity index (χ3n) is 23.3. The Balaban J connectivity index is 1.07. The minimum Gasteiger partial charge on any atom is -0.508 e. The fraction of sp³-hybridized carbons (Fsp3) is 0.529. The molecule has 5 unspecified atom stereocenters. The van der Waals surface area contributed by atoms with E-state index in [4.69, 9.17) is 22.9 Å². The van der Waals surface area contributed by atoms with Crippen LogP contribution in [0.4, 0.5) is 0 Å². The van der Waals surface area contributed by atoms with Crippen molar-refractivity contribution in [2.45, 2.75) is 214 Å². The number of carboxylic acid groups (broad SMARTS) is 2. The van der Waals surface area contributed by atoms with Gasteiger partial charge in [-0.2, -0.15) is 0 Å². The van der Waals surface area contributed by atoms with Gasteiger partial charge in [0.1, 0.15) is 90.3 Å². The summed E-state index contributed by atoms with van der Waals surface area (Å²) in [6, 6.07) is -2.24. The van der Waals surface area contributed by atoms with Crippen LogP contribution in [-0.4, -0.2) is 312 Å². The molecular formula is C85H117N21O21S. The molecule has 3 aromatic carbocycles. The maximum atomic E-state index is 15.7. The number of para-hydroxylation sites is 2. The molecule has 128 heavy (non-hydrogen) atoms. The molecule has 23 N–H and O–H groups in total. The predicted octanol–water partition coefficient (Wildman–Crippen LogP) is -3.68. The molecule has 0 spiro atoms. The number of nitrogens with one attached hydrogen (secondary N) is 12. The smallest absolute Gasteiger partial charge is 0.305 e. The Morgan fingerprint density at radius 2 is 0.875 bits per heavy atom. The Kier molecular flexibility index (Phi) is 36.5. The summed E-state index contributed by atoms with van der Waals surface area (Å²) in [5.74, 6) is -19.5. The number of likely N-dealkylation sites (N-methyl/N-ethyl adjacent to an activating group) is 2. The zero-order chi connectivity index (χ0) is 93.2. The van der Waals surface area contributed by atoms with Crippen molar-refractivity contribution in [2.75, 3.05) is 71.4 Å². The number of amides is 16. The van der Waals surface area contributed by atoms with E-state index in [0.717, 1.165) is 31.4 Å². The van der Waals surface area contributed by atoms with Crippen LogP contribution in [0.25, 0.3) is 21.8 Å². The van der Waals surface area contributed by atoms with Crippen LogP contribution < -0.4 is 76.1 Å². The van der Waals surface area contributed by atoms with Crippen LogP contribution >= 0.6 is 11.8 Å². The number of carboxylic acids is 2. The molecule has 4 aliphatic rings. The Morgan fingerprint density at radius 3 is 1.37 bits per heavy atom. The summed E-state index contributed by atoms with van der Waals surface area (Å²) in [7, 11) is 2.71. The number of fused-ring (bicyclic) bond motifs is 5. The van der Waals surface area contributed by atoms with Crippen LogP contribution in [0.2, 0.25) is 0 Å². The Hall–Kier alpha value is -12.8. The van der Waals surface area contributed by atoms with Gasteiger partial charge in [0.2, 0.25) is 94.5 Å². The average molecular weight is 1800 g/mol. The molecule has 0 saturated carbocycles. The van der Waals surface area contributed by atoms with E-state index in [0.29, 0.717) is 64.2 Å². The first kappa shape index (κ1) is 99.0. The van der Waals surface area contributed by atoms with Crippen molar-refractivity contribution in [3.8, 4) is 5.75 Å². The highest BCUT2D eigenvalue weighted by atomic mass is 32.2. The van der Waals surface area contributed by atoms with Gasteiger partial charge in [-0.1, -0.05) is 88.1 Å². The van der Waals surface area contributed by atoms with Gasteiger partial charge in [0.25, 0.3) is 0 Å². The third kappa shape index (κ3) is 26.2. The van der Waals surface area contributed by atoms with Crippen molar-refractivity contribution < 1.29 is 102 Å². The SMILES string of the molecule is CCCC[C@H]1C(=O)N(C)[C@@H](CCCC)C(=O)NC(CN)C(=O)N[C@H](C(=O)NCC(N)=O)CSCC(=O)NC(Cc2ccc(O)cc2)C(=O)N2CCC[C@H]2C(=O)N[C@@H](CC(=O)O)C(=O)N2CCC[C@H]2C(=O)N[C@@H](CN)C(=O)NC(CC(=O)O)C(=O)N2CCCC2C(=O)N[C@@H](Cc2c[nH]c3ccccc23)C(=O)N[C@@H](CCN)C(=O)NC(Cc2c[nH]c3ccccc23)C(=O)N1C. The number of benzene rings is 3. The molecule has 14 atom stereocenters. The maximum Gasteiger partial charge on any atom is 0.305 e. The molecule has 6 heterocycles. The number of nitrogens with two attached hydrogens (primary N) is 4. The summed E-state index contributed by atoms with van der Waals surface area (Å²) >= 11 is 0.761. The second-order valence-corrected chi connectivity index (χ2v) is 33.4. The monoisotopic (exact) mass is 1800 g/mol. The van der Waals surface area contributed by atoms with Crippen molar-refractivity contribution >= 4 is 140 Å². The molecular weight excluding hydrogens is 1680 g/mol. The zero-order valence-corrected chi connectivity index (χ0v) is 72.7. The van der Waals surface area contributed by atoms with E-state index in [1.165, 1.54) is 43.3 Å². The van der Waals surface area contributed by atoms with Gasteiger partial charge >= 0.3 is 11.9 Å². The van der Waals surface area contributed by atoms with Crippen molar-refractivity contribution in [3.05, 3.63) is 102 Å². The molecule has 9 rings (SSSR count). The van der Waals surface area contributed by atoms with Gasteiger partial charge in [0.05, 0.1) is 25.1 Å². The van der Waals surface area contributed by atoms with Gasteiger partial charge in [-0.25, -0.2) is 0 Å². The van der Waals surface area contributed by atoms with Crippen LogP contribution in [0, 0.1) is 0 Å². The summed E-state index contributed by atoms with van der Waals surface area (Å²) in [5, 5.41) is 57.7. The topological polar surface area (TPSA) is 640 Å². The summed E-state index contributed by atoms with van der Waals surface area (Å²) < 4.78 is 0. The molecule has 42 nitrogen and oxygen atoms in total. The van der Waals surface area contributed by atoms with Crippen molar-refractivity contribution in [1.82, 2.24) is 87.6 Å². The number of hydrogen-bond donors (Lipinski definition) is 19. The molecule has 4 fully saturated rings. The summed E-state index contributed by atoms with van der Waals surface area (Å²) in [5.41, 5.74) is 26.7. The number of unbranched alkanes of at least 4 members (excludes halogenated alkanes) is 2. The van der Waals surface area contributed by atoms with Gasteiger partial charge in [-0.05, 0) is 105 Å². The second kappa shape index (κ2) is 47.2. The maximum absolute atomic E-state index is 15.7. The van der Waals surface area contributed by atoms with E-state index in [9.17, 15) is 77.6 Å². The normalized spacial score (nSPS) is 25.3. The van der Waals surface area contributed by atoms with E-state index in [1.54, 1.807) is 60.9 Å². The first-order chi connectivity index (χ1) is 61.2. The molecule has 43 heteroatoms. The first-order valence-corrected chi connectivity index (χ1v) is 44.1. The fourth-order valence-corrected chi connectivity index (χ4v) is 17.2. The molecule has 16 amide bonds. The standard InChI is InChI=1S/C85H117N21O21S/c1-5-7-20-63-77(119)99-61(40-88)76(118)101-62(72(114)92-43-68(89)108)44-128-45-69(109)93-56(34-46-25-27-49(107)28-26-46)82(124)104-31-14-23-65(104)79(121)98-59(38-71(112)113)84(126)106-33-15-24-66(106)80(122)100-60(39-87)75(117)97-58(37-70(110)111)83(125)105-32-13-22-64(105)78(120)95-55(35-47-41-90-52-18-11-9-16-50(47)52)74(116)94-54(29-30-86)73(115)96-57(36-48-42-91-53-19-12-10-17-51(48)53)81(123)103(4)67(21-8-6-2)85(127)102(63)3/h9-12,16-19,25-28,41-42,54-67,90-91,107H,5-8,13-15,20-24,29-40,43-45,86-88H2,1-4H3,(H2,89,108)(H,92,114)(H,93,109)(H,94,116)(H,95,120)(H,96,115)(H,97,117)(H,98,121)(H,99,119)(H,100,122)(H,101,118)(H,110,111)(H,112,113)/t54-,55-,56?,57?,58?,59-,60-,61?,62-,63-,64?,65-,66-,67-/m0/s1. The average Bonchev–Trinajstić information content (AvgIpc) is 1.57. The molecule has 0 aliphatic carbocycles. The molecule has 4 saturated heterocycles. The number of rotatable bonds is 23. The van der Waals surface area contributed by atoms with Crippen molar-refractivity contribution in [1.29, 1.82) is 0 Å². The fourth-order valence-electron chi connectivity index (χ4n) is 16.4. The highest BCUT2D eigenvalue weighted by Crippen LogP contribution is 2.28. The Bertz CT molecular complexity index is 4870. The highest BCUT2D eigenvalue weighted by molar-refractivity contribution is 8.00. The van der Waals surface area contributed by atoms with Crippen molar-refractivity contribution in [3.63, 3.8) is 0 Å². The predicted molar refractivity (Wildman–Crippen MR) is 465 cm³/mol. The van der Waals surface area contributed by atoms with Crippen LogP contribution in [-0.2, 0) is 106 Å². The van der Waals surface area contributed by atoms with E-state index >= 15 is 24.0 Å². The molecule has 2 aromatic heterocycles. The number of aromatic hydroxyl groups is 1. The quantitative estimate of drug-likeness (QED) is 0.0299. The van der Waals surface area contributed by atoms with E-state index in [-0.39, 0.29) is 109 Å². The van der Waals surface area contributed by atoms with Gasteiger partial charge in [-0.15, -0.1) is 11.8 Å². The number of aromatic nitrogens is 2. The number of carbonyl (C=O) groups excluding carboxylic acids is 16. The van der Waals surface area contributed by atoms with Crippen LogP contribution in [0.5, 0.6) is 5.75 Å². The number of aromatic amines is 2. The van der Waals surface area contributed by atoms with E-state index in [2.05, 4.69) is 63.1 Å². The van der Waals surface area contributed by atoms with Crippen LogP contribution in [0.3, 0.4) is 0 Å². The Labute approximate surface area is 741 Å². The van der Waals surface area contributed by atoms with Crippen LogP contribution in [0.15, 0.2) is 85.2 Å². The van der Waals surface area contributed by atoms with Gasteiger partial charge < -0.3 is 126 Å². The molecule has 5 aromatic rings. The lowest BCUT2D eigenvalue weighted by Crippen LogP contribution is -2.62.